The molecule has 5 nitrogen and oxygen atoms in total. The lowest BCUT2D eigenvalue weighted by Gasteiger charge is -2.25. The molecule has 2 aromatic rings. The van der Waals surface area contributed by atoms with Crippen molar-refractivity contribution in [2.75, 3.05) is 7.05 Å². The fourth-order valence-electron chi connectivity index (χ4n) is 2.16. The van der Waals surface area contributed by atoms with Gasteiger partial charge in [0.05, 0.1) is 0 Å². The summed E-state index contributed by atoms with van der Waals surface area (Å²) in [4.78, 5) is 24.9. The number of nitrogens with zero attached hydrogens (tertiary/aromatic N) is 1. The van der Waals surface area contributed by atoms with Gasteiger partial charge in [0, 0.05) is 22.1 Å². The van der Waals surface area contributed by atoms with Crippen LogP contribution in [0.2, 0.25) is 5.02 Å². The Balaban J connectivity index is 2.15. The molecule has 0 fully saturated rings. The Bertz CT molecular complexity index is 739. The Labute approximate surface area is 152 Å². The van der Waals surface area contributed by atoms with Gasteiger partial charge in [-0.05, 0) is 17.7 Å². The van der Waals surface area contributed by atoms with E-state index >= 15 is 0 Å². The van der Waals surface area contributed by atoms with Crippen LogP contribution in [0.3, 0.4) is 0 Å². The fraction of sp³-hybridized carbons (Fsp3) is 0.176. The summed E-state index contributed by atoms with van der Waals surface area (Å²) in [6, 6.07) is 12.7. The van der Waals surface area contributed by atoms with Gasteiger partial charge in [-0.3, -0.25) is 4.90 Å². The zero-order valence-corrected chi connectivity index (χ0v) is 15.1. The predicted molar refractivity (Wildman–Crippen MR) is 93.9 cm³/mol. The highest BCUT2D eigenvalue weighted by Gasteiger charge is 2.31. The zero-order valence-electron chi connectivity index (χ0n) is 12.8. The topological polar surface area (TPSA) is 66.8 Å². The van der Waals surface area contributed by atoms with Crippen LogP contribution in [0, 0.1) is 0 Å². The van der Waals surface area contributed by atoms with Crippen molar-refractivity contribution in [3.8, 4) is 0 Å². The van der Waals surface area contributed by atoms with E-state index in [1.807, 2.05) is 30.3 Å². The van der Waals surface area contributed by atoms with Gasteiger partial charge in [-0.25, -0.2) is 9.59 Å². The van der Waals surface area contributed by atoms with Gasteiger partial charge in [0.15, 0.2) is 6.04 Å². The van der Waals surface area contributed by atoms with Crippen LogP contribution in [0.5, 0.6) is 0 Å². The molecule has 1 amide bonds. The van der Waals surface area contributed by atoms with E-state index < -0.39 is 18.1 Å². The Kier molecular flexibility index (Phi) is 6.23. The number of rotatable bonds is 5. The van der Waals surface area contributed by atoms with E-state index in [9.17, 15) is 14.7 Å². The molecular formula is C17H15BrClNO4. The van der Waals surface area contributed by atoms with Gasteiger partial charge < -0.3 is 9.84 Å². The number of likely N-dealkylation sites (N-methyl/N-ethyl adjacent to an activating group) is 1. The second-order valence-electron chi connectivity index (χ2n) is 5.06. The first kappa shape index (κ1) is 18.3. The summed E-state index contributed by atoms with van der Waals surface area (Å²) >= 11 is 9.38. The summed E-state index contributed by atoms with van der Waals surface area (Å²) < 4.78 is 5.89. The average molecular weight is 413 g/mol. The molecule has 2 rings (SSSR count). The van der Waals surface area contributed by atoms with Gasteiger partial charge >= 0.3 is 12.1 Å². The van der Waals surface area contributed by atoms with Crippen LogP contribution < -0.4 is 0 Å². The number of carboxylic acids is 1. The highest BCUT2D eigenvalue weighted by Crippen LogP contribution is 2.30. The largest absolute Gasteiger partial charge is 0.479 e. The fourth-order valence-corrected chi connectivity index (χ4v) is 2.93. The molecule has 0 aromatic heterocycles. The van der Waals surface area contributed by atoms with Crippen molar-refractivity contribution in [3.05, 3.63) is 69.2 Å². The Morgan fingerprint density at radius 2 is 1.92 bits per heavy atom. The van der Waals surface area contributed by atoms with Crippen molar-refractivity contribution in [2.24, 2.45) is 0 Å². The third-order valence-corrected chi connectivity index (χ3v) is 4.19. The van der Waals surface area contributed by atoms with Crippen molar-refractivity contribution in [3.63, 3.8) is 0 Å². The van der Waals surface area contributed by atoms with Crippen molar-refractivity contribution >= 4 is 39.6 Å². The summed E-state index contributed by atoms with van der Waals surface area (Å²) in [6.07, 6.45) is -0.745. The lowest BCUT2D eigenvalue weighted by Crippen LogP contribution is -2.36. The summed E-state index contributed by atoms with van der Waals surface area (Å²) in [7, 11) is 1.37. The number of carbonyl (C=O) groups excluding carboxylic acids is 1. The normalized spacial score (nSPS) is 11.6. The number of carboxylic acid groups (broad SMARTS) is 1. The molecule has 1 atom stereocenters. The number of hydrogen-bond donors (Lipinski definition) is 1. The van der Waals surface area contributed by atoms with Gasteiger partial charge in [0.2, 0.25) is 0 Å². The summed E-state index contributed by atoms with van der Waals surface area (Å²) in [6.45, 7) is 0.0599. The minimum Gasteiger partial charge on any atom is -0.479 e. The molecule has 1 unspecified atom stereocenters. The predicted octanol–water partition coefficient (Wildman–Crippen LogP) is 4.50. The molecule has 7 heteroatoms. The van der Waals surface area contributed by atoms with Crippen LogP contribution >= 0.6 is 27.5 Å². The smallest absolute Gasteiger partial charge is 0.410 e. The molecule has 0 bridgehead atoms. The van der Waals surface area contributed by atoms with Gasteiger partial charge in [0.25, 0.3) is 0 Å². The molecule has 0 spiro atoms. The quantitative estimate of drug-likeness (QED) is 0.785. The van der Waals surface area contributed by atoms with E-state index in [1.54, 1.807) is 18.2 Å². The summed E-state index contributed by atoms with van der Waals surface area (Å²) in [5, 5.41) is 9.75. The average Bonchev–Trinajstić information content (AvgIpc) is 2.55. The third kappa shape index (κ3) is 4.49. The zero-order chi connectivity index (χ0) is 17.7. The van der Waals surface area contributed by atoms with Crippen molar-refractivity contribution in [1.29, 1.82) is 0 Å². The standard InChI is InChI=1S/C17H15BrClNO4/c1-20(17(23)24-10-11-5-3-2-4-6-11)15(16(21)22)13-8-7-12(18)9-14(13)19/h2-9,15H,10H2,1H3,(H,21,22). The summed E-state index contributed by atoms with van der Waals surface area (Å²) in [5.74, 6) is -1.20. The molecule has 0 radical (unpaired) electrons. The van der Waals surface area contributed by atoms with E-state index in [-0.39, 0.29) is 11.6 Å². The molecule has 2 aromatic carbocycles. The molecule has 0 saturated carbocycles. The second-order valence-corrected chi connectivity index (χ2v) is 6.38. The molecular weight excluding hydrogens is 398 g/mol. The van der Waals surface area contributed by atoms with Crippen LogP contribution in [-0.4, -0.2) is 29.1 Å². The third-order valence-electron chi connectivity index (χ3n) is 3.37. The number of carbonyl (C=O) groups is 2. The lowest BCUT2D eigenvalue weighted by atomic mass is 10.1. The maximum atomic E-state index is 12.2. The van der Waals surface area contributed by atoms with Crippen LogP contribution in [0.15, 0.2) is 53.0 Å². The van der Waals surface area contributed by atoms with Gasteiger partial charge in [-0.15, -0.1) is 0 Å². The Hall–Kier alpha value is -2.05. The molecule has 126 valence electrons. The molecule has 0 aliphatic carbocycles. The highest BCUT2D eigenvalue weighted by atomic mass is 79.9. The minimum atomic E-state index is -1.24. The van der Waals surface area contributed by atoms with E-state index in [0.717, 1.165) is 14.9 Å². The first-order valence-electron chi connectivity index (χ1n) is 7.01. The van der Waals surface area contributed by atoms with E-state index in [0.29, 0.717) is 5.56 Å². The number of halogens is 2. The number of benzene rings is 2. The Morgan fingerprint density at radius 1 is 1.25 bits per heavy atom. The number of aliphatic carboxylic acids is 1. The maximum Gasteiger partial charge on any atom is 0.410 e. The van der Waals surface area contributed by atoms with Crippen molar-refractivity contribution < 1.29 is 19.4 Å². The molecule has 0 aliphatic rings. The number of ether oxygens (including phenoxy) is 1. The van der Waals surface area contributed by atoms with Gasteiger partial charge in [-0.2, -0.15) is 0 Å². The first-order valence-corrected chi connectivity index (χ1v) is 8.18. The van der Waals surface area contributed by atoms with E-state index in [4.69, 9.17) is 16.3 Å². The summed E-state index contributed by atoms with van der Waals surface area (Å²) in [5.41, 5.74) is 1.12. The van der Waals surface area contributed by atoms with Crippen LogP contribution in [0.25, 0.3) is 0 Å². The molecule has 0 aliphatic heterocycles. The molecule has 1 N–H and O–H groups in total. The molecule has 0 heterocycles. The van der Waals surface area contributed by atoms with Crippen LogP contribution in [-0.2, 0) is 16.1 Å². The van der Waals surface area contributed by atoms with E-state index in [1.165, 1.54) is 7.05 Å². The highest BCUT2D eigenvalue weighted by molar-refractivity contribution is 9.10. The second kappa shape index (κ2) is 8.17. The maximum absolute atomic E-state index is 12.2. The lowest BCUT2D eigenvalue weighted by molar-refractivity contribution is -0.142. The van der Waals surface area contributed by atoms with Crippen LogP contribution in [0.4, 0.5) is 4.79 Å². The van der Waals surface area contributed by atoms with Crippen molar-refractivity contribution in [1.82, 2.24) is 4.90 Å². The van der Waals surface area contributed by atoms with Crippen LogP contribution in [0.1, 0.15) is 17.2 Å². The van der Waals surface area contributed by atoms with Gasteiger partial charge in [0.1, 0.15) is 6.61 Å². The molecule has 24 heavy (non-hydrogen) atoms. The first-order chi connectivity index (χ1) is 11.4. The minimum absolute atomic E-state index is 0.0599. The Morgan fingerprint density at radius 3 is 2.50 bits per heavy atom. The SMILES string of the molecule is CN(C(=O)OCc1ccccc1)C(C(=O)O)c1ccc(Br)cc1Cl. The molecule has 0 saturated heterocycles. The van der Waals surface area contributed by atoms with Gasteiger partial charge in [-0.1, -0.05) is 63.9 Å². The number of hydrogen-bond acceptors (Lipinski definition) is 3. The number of amides is 1. The van der Waals surface area contributed by atoms with E-state index in [2.05, 4.69) is 15.9 Å². The van der Waals surface area contributed by atoms with Crippen molar-refractivity contribution in [2.45, 2.75) is 12.6 Å². The monoisotopic (exact) mass is 411 g/mol.